The molecule has 1 aliphatic heterocycles. The van der Waals surface area contributed by atoms with Crippen LogP contribution in [0.15, 0.2) is 24.3 Å². The normalized spacial score (nSPS) is 32.1. The summed E-state index contributed by atoms with van der Waals surface area (Å²) in [5.41, 5.74) is 0.979. The third-order valence-corrected chi connectivity index (χ3v) is 8.24. The van der Waals surface area contributed by atoms with E-state index in [1.54, 1.807) is 0 Å². The Bertz CT molecular complexity index is 783. The Balaban J connectivity index is 1.18. The molecule has 31 heavy (non-hydrogen) atoms. The largest absolute Gasteiger partial charge is 0.494 e. The standard InChI is InChI=1S/C26H36N2O3/c1-2-31-23-6-4-22(5-7-23)25(30)28-9-3-8-27(10-11-28)24(29)18-26-15-19-12-20(16-26)14-21(13-19)17-26/h4-7,19-21H,2-3,8-18H2,1H3. The molecular formula is C26H36N2O3. The first-order valence-corrected chi connectivity index (χ1v) is 12.3. The SMILES string of the molecule is CCOc1ccc(C(=O)N2CCCN(C(=O)CC34CC5CC(CC(C5)C3)C4)CC2)cc1. The molecule has 5 aliphatic rings. The monoisotopic (exact) mass is 424 g/mol. The maximum Gasteiger partial charge on any atom is 0.253 e. The summed E-state index contributed by atoms with van der Waals surface area (Å²) < 4.78 is 5.48. The number of carbonyl (C=O) groups is 2. The third-order valence-electron chi connectivity index (χ3n) is 8.24. The summed E-state index contributed by atoms with van der Waals surface area (Å²) in [5.74, 6) is 3.81. The lowest BCUT2D eigenvalue weighted by atomic mass is 9.49. The highest BCUT2D eigenvalue weighted by Crippen LogP contribution is 2.61. The van der Waals surface area contributed by atoms with Crippen molar-refractivity contribution < 1.29 is 14.3 Å². The Morgan fingerprint density at radius 2 is 1.48 bits per heavy atom. The predicted molar refractivity (Wildman–Crippen MR) is 120 cm³/mol. The van der Waals surface area contributed by atoms with E-state index < -0.39 is 0 Å². The van der Waals surface area contributed by atoms with E-state index in [1.165, 1.54) is 38.5 Å². The van der Waals surface area contributed by atoms with E-state index in [-0.39, 0.29) is 11.3 Å². The molecule has 4 saturated carbocycles. The van der Waals surface area contributed by atoms with Gasteiger partial charge in [0.1, 0.15) is 5.75 Å². The lowest BCUT2D eigenvalue weighted by Gasteiger charge is -2.57. The number of nitrogens with zero attached hydrogens (tertiary/aromatic N) is 2. The van der Waals surface area contributed by atoms with Crippen LogP contribution >= 0.6 is 0 Å². The summed E-state index contributed by atoms with van der Waals surface area (Å²) in [7, 11) is 0. The highest BCUT2D eigenvalue weighted by atomic mass is 16.5. The summed E-state index contributed by atoms with van der Waals surface area (Å²) in [6, 6.07) is 7.40. The van der Waals surface area contributed by atoms with Crippen molar-refractivity contribution in [2.45, 2.75) is 58.3 Å². The van der Waals surface area contributed by atoms with Crippen molar-refractivity contribution in [3.63, 3.8) is 0 Å². The van der Waals surface area contributed by atoms with Gasteiger partial charge in [0.2, 0.25) is 5.91 Å². The molecule has 6 rings (SSSR count). The molecule has 0 spiro atoms. The zero-order chi connectivity index (χ0) is 21.4. The number of benzene rings is 1. The van der Waals surface area contributed by atoms with Gasteiger partial charge in [-0.25, -0.2) is 0 Å². The average Bonchev–Trinajstić information content (AvgIpc) is 2.99. The molecule has 1 aromatic carbocycles. The van der Waals surface area contributed by atoms with Gasteiger partial charge in [-0.3, -0.25) is 9.59 Å². The van der Waals surface area contributed by atoms with E-state index in [1.807, 2.05) is 41.0 Å². The molecule has 5 fully saturated rings. The molecule has 5 nitrogen and oxygen atoms in total. The zero-order valence-corrected chi connectivity index (χ0v) is 18.9. The van der Waals surface area contributed by atoms with E-state index in [0.29, 0.717) is 37.7 Å². The van der Waals surface area contributed by atoms with Crippen LogP contribution in [0, 0.1) is 23.2 Å². The highest BCUT2D eigenvalue weighted by molar-refractivity contribution is 5.94. The van der Waals surface area contributed by atoms with Gasteiger partial charge in [-0.2, -0.15) is 0 Å². The van der Waals surface area contributed by atoms with Crippen LogP contribution in [0.5, 0.6) is 5.75 Å². The van der Waals surface area contributed by atoms with Gasteiger partial charge in [0.05, 0.1) is 6.61 Å². The average molecular weight is 425 g/mol. The maximum atomic E-state index is 13.3. The fourth-order valence-electron chi connectivity index (χ4n) is 7.35. The van der Waals surface area contributed by atoms with Crippen LogP contribution < -0.4 is 4.74 Å². The molecule has 0 aromatic heterocycles. The number of carbonyl (C=O) groups excluding carboxylic acids is 2. The Morgan fingerprint density at radius 3 is 2.10 bits per heavy atom. The fraction of sp³-hybridized carbons (Fsp3) is 0.692. The minimum atomic E-state index is 0.0541. The quantitative estimate of drug-likeness (QED) is 0.705. The van der Waals surface area contributed by atoms with E-state index in [4.69, 9.17) is 4.74 Å². The van der Waals surface area contributed by atoms with Crippen LogP contribution in [-0.2, 0) is 4.79 Å². The van der Waals surface area contributed by atoms with Gasteiger partial charge in [0.25, 0.3) is 5.91 Å². The fourth-order valence-corrected chi connectivity index (χ4v) is 7.35. The van der Waals surface area contributed by atoms with Gasteiger partial charge in [-0.05, 0) is 99.3 Å². The van der Waals surface area contributed by atoms with Gasteiger partial charge in [-0.1, -0.05) is 0 Å². The lowest BCUT2D eigenvalue weighted by molar-refractivity contribution is -0.139. The van der Waals surface area contributed by atoms with Crippen LogP contribution in [0.4, 0.5) is 0 Å². The molecule has 1 heterocycles. The van der Waals surface area contributed by atoms with E-state index in [9.17, 15) is 9.59 Å². The first kappa shape index (κ1) is 20.8. The number of hydrogen-bond donors (Lipinski definition) is 0. The Hall–Kier alpha value is -2.04. The Morgan fingerprint density at radius 1 is 0.903 bits per heavy atom. The second-order valence-corrected chi connectivity index (χ2v) is 10.6. The van der Waals surface area contributed by atoms with Crippen molar-refractivity contribution >= 4 is 11.8 Å². The van der Waals surface area contributed by atoms with Crippen LogP contribution in [0.25, 0.3) is 0 Å². The number of amides is 2. The number of rotatable bonds is 5. The molecule has 4 bridgehead atoms. The lowest BCUT2D eigenvalue weighted by Crippen LogP contribution is -2.48. The van der Waals surface area contributed by atoms with Crippen molar-refractivity contribution in [3.05, 3.63) is 29.8 Å². The van der Waals surface area contributed by atoms with Crippen molar-refractivity contribution in [3.8, 4) is 5.75 Å². The second kappa shape index (κ2) is 8.48. The van der Waals surface area contributed by atoms with E-state index >= 15 is 0 Å². The number of ether oxygens (including phenoxy) is 1. The summed E-state index contributed by atoms with van der Waals surface area (Å²) in [5, 5.41) is 0. The van der Waals surface area contributed by atoms with Crippen molar-refractivity contribution in [2.75, 3.05) is 32.8 Å². The Labute approximate surface area is 186 Å². The maximum absolute atomic E-state index is 13.3. The molecule has 0 radical (unpaired) electrons. The molecule has 1 aromatic rings. The van der Waals surface area contributed by atoms with Gasteiger partial charge in [0, 0.05) is 38.2 Å². The van der Waals surface area contributed by atoms with E-state index in [2.05, 4.69) is 0 Å². The van der Waals surface area contributed by atoms with Crippen LogP contribution in [0.2, 0.25) is 0 Å². The minimum absolute atomic E-state index is 0.0541. The highest BCUT2D eigenvalue weighted by Gasteiger charge is 2.51. The van der Waals surface area contributed by atoms with Crippen LogP contribution in [0.1, 0.15) is 68.6 Å². The van der Waals surface area contributed by atoms with Crippen LogP contribution in [-0.4, -0.2) is 54.4 Å². The summed E-state index contributed by atoms with van der Waals surface area (Å²) in [6.45, 7) is 5.34. The van der Waals surface area contributed by atoms with Crippen molar-refractivity contribution in [2.24, 2.45) is 23.2 Å². The molecule has 5 heteroatoms. The summed E-state index contributed by atoms with van der Waals surface area (Å²) >= 11 is 0. The molecule has 0 unspecified atom stereocenters. The first-order chi connectivity index (χ1) is 15.0. The topological polar surface area (TPSA) is 49.9 Å². The van der Waals surface area contributed by atoms with E-state index in [0.717, 1.165) is 42.9 Å². The molecule has 0 atom stereocenters. The molecular weight excluding hydrogens is 388 g/mol. The third kappa shape index (κ3) is 4.33. The summed E-state index contributed by atoms with van der Waals surface area (Å²) in [4.78, 5) is 30.2. The molecule has 2 amide bonds. The van der Waals surface area contributed by atoms with Crippen LogP contribution in [0.3, 0.4) is 0 Å². The minimum Gasteiger partial charge on any atom is -0.494 e. The van der Waals surface area contributed by atoms with Gasteiger partial charge < -0.3 is 14.5 Å². The molecule has 168 valence electrons. The van der Waals surface area contributed by atoms with Gasteiger partial charge in [0.15, 0.2) is 0 Å². The Kier molecular flexibility index (Phi) is 5.70. The van der Waals surface area contributed by atoms with Gasteiger partial charge >= 0.3 is 0 Å². The zero-order valence-electron chi connectivity index (χ0n) is 18.9. The smallest absolute Gasteiger partial charge is 0.253 e. The predicted octanol–water partition coefficient (Wildman–Crippen LogP) is 4.37. The summed E-state index contributed by atoms with van der Waals surface area (Å²) in [6.07, 6.45) is 9.68. The van der Waals surface area contributed by atoms with Crippen molar-refractivity contribution in [1.82, 2.24) is 9.80 Å². The molecule has 0 N–H and O–H groups in total. The number of hydrogen-bond acceptors (Lipinski definition) is 3. The van der Waals surface area contributed by atoms with Gasteiger partial charge in [-0.15, -0.1) is 0 Å². The second-order valence-electron chi connectivity index (χ2n) is 10.6. The molecule has 4 aliphatic carbocycles. The molecule has 1 saturated heterocycles. The van der Waals surface area contributed by atoms with Crippen molar-refractivity contribution in [1.29, 1.82) is 0 Å². The first-order valence-electron chi connectivity index (χ1n) is 12.3.